The standard InChI is InChI=1S/C10H13O2/c1-2-9-3-5-10(6-4-9)12-8-7-11/h3-6,11H,1-2,7-8H2. The maximum absolute atomic E-state index is 8.49. The van der Waals surface area contributed by atoms with Crippen molar-refractivity contribution in [1.82, 2.24) is 0 Å². The normalized spacial score (nSPS) is 9.83. The van der Waals surface area contributed by atoms with Crippen molar-refractivity contribution in [3.8, 4) is 5.75 Å². The summed E-state index contributed by atoms with van der Waals surface area (Å²) >= 11 is 0. The maximum atomic E-state index is 8.49. The van der Waals surface area contributed by atoms with Crippen LogP contribution in [0.5, 0.6) is 5.75 Å². The number of hydrogen-bond donors (Lipinski definition) is 1. The zero-order valence-electron chi connectivity index (χ0n) is 6.99. The summed E-state index contributed by atoms with van der Waals surface area (Å²) in [5.74, 6) is 0.793. The molecule has 0 aliphatic heterocycles. The summed E-state index contributed by atoms with van der Waals surface area (Å²) in [7, 11) is 0. The third-order valence-electron chi connectivity index (χ3n) is 1.57. The quantitative estimate of drug-likeness (QED) is 0.731. The van der Waals surface area contributed by atoms with Crippen LogP contribution in [0.4, 0.5) is 0 Å². The molecule has 1 N–H and O–H groups in total. The van der Waals surface area contributed by atoms with Crippen molar-refractivity contribution in [2.45, 2.75) is 6.42 Å². The topological polar surface area (TPSA) is 29.5 Å². The zero-order valence-corrected chi connectivity index (χ0v) is 6.99. The molecule has 1 aromatic rings. The average Bonchev–Trinajstić information content (AvgIpc) is 2.15. The number of aliphatic hydroxyl groups excluding tert-OH is 1. The first-order valence-electron chi connectivity index (χ1n) is 3.98. The van der Waals surface area contributed by atoms with Crippen molar-refractivity contribution < 1.29 is 9.84 Å². The molecule has 0 heterocycles. The third kappa shape index (κ3) is 2.55. The van der Waals surface area contributed by atoms with E-state index in [2.05, 4.69) is 6.92 Å². The highest BCUT2D eigenvalue weighted by atomic mass is 16.5. The Balaban J connectivity index is 2.53. The molecule has 2 heteroatoms. The summed E-state index contributed by atoms with van der Waals surface area (Å²) in [6.07, 6.45) is 0.792. The van der Waals surface area contributed by atoms with Gasteiger partial charge < -0.3 is 9.84 Å². The van der Waals surface area contributed by atoms with Crippen LogP contribution >= 0.6 is 0 Å². The van der Waals surface area contributed by atoms with Gasteiger partial charge in [0.25, 0.3) is 0 Å². The molecule has 65 valence electrons. The van der Waals surface area contributed by atoms with E-state index >= 15 is 0 Å². The highest BCUT2D eigenvalue weighted by Gasteiger charge is 1.92. The van der Waals surface area contributed by atoms with E-state index in [4.69, 9.17) is 9.84 Å². The minimum atomic E-state index is 0.0527. The molecule has 0 saturated heterocycles. The minimum absolute atomic E-state index is 0.0527. The van der Waals surface area contributed by atoms with Gasteiger partial charge >= 0.3 is 0 Å². The molecular weight excluding hydrogens is 152 g/mol. The fourth-order valence-corrected chi connectivity index (χ4v) is 0.916. The Labute approximate surface area is 72.8 Å². The van der Waals surface area contributed by atoms with Gasteiger partial charge in [0, 0.05) is 0 Å². The molecule has 0 atom stereocenters. The molecule has 0 saturated carbocycles. The Morgan fingerprint density at radius 2 is 1.92 bits per heavy atom. The van der Waals surface area contributed by atoms with Gasteiger partial charge in [-0.15, -0.1) is 0 Å². The van der Waals surface area contributed by atoms with Gasteiger partial charge in [-0.25, -0.2) is 0 Å². The second-order valence-corrected chi connectivity index (χ2v) is 2.47. The first-order valence-corrected chi connectivity index (χ1v) is 3.98. The molecule has 0 amide bonds. The van der Waals surface area contributed by atoms with Crippen molar-refractivity contribution >= 4 is 0 Å². The molecule has 12 heavy (non-hydrogen) atoms. The Kier molecular flexibility index (Phi) is 3.61. The number of benzene rings is 1. The molecule has 0 aliphatic rings. The summed E-state index contributed by atoms with van der Waals surface area (Å²) in [4.78, 5) is 0. The predicted molar refractivity (Wildman–Crippen MR) is 48.1 cm³/mol. The fourth-order valence-electron chi connectivity index (χ4n) is 0.916. The van der Waals surface area contributed by atoms with E-state index < -0.39 is 0 Å². The lowest BCUT2D eigenvalue weighted by Gasteiger charge is -2.03. The van der Waals surface area contributed by atoms with E-state index in [1.807, 2.05) is 24.3 Å². The van der Waals surface area contributed by atoms with E-state index in [-0.39, 0.29) is 6.61 Å². The fraction of sp³-hybridized carbons (Fsp3) is 0.300. The van der Waals surface area contributed by atoms with Crippen LogP contribution in [0.25, 0.3) is 0 Å². The zero-order chi connectivity index (χ0) is 8.81. The van der Waals surface area contributed by atoms with Crippen molar-refractivity contribution in [1.29, 1.82) is 0 Å². The average molecular weight is 165 g/mol. The van der Waals surface area contributed by atoms with Crippen LogP contribution in [0.15, 0.2) is 24.3 Å². The summed E-state index contributed by atoms with van der Waals surface area (Å²) < 4.78 is 5.18. The number of ether oxygens (including phenoxy) is 1. The van der Waals surface area contributed by atoms with Gasteiger partial charge in [0.05, 0.1) is 6.61 Å². The van der Waals surface area contributed by atoms with E-state index in [9.17, 15) is 0 Å². The first kappa shape index (κ1) is 9.07. The second kappa shape index (κ2) is 4.78. The number of aliphatic hydroxyl groups is 1. The molecule has 0 aliphatic carbocycles. The molecular formula is C10H13O2. The van der Waals surface area contributed by atoms with Gasteiger partial charge in [-0.1, -0.05) is 12.1 Å². The molecule has 0 fully saturated rings. The number of rotatable bonds is 4. The van der Waals surface area contributed by atoms with Crippen LogP contribution in [-0.4, -0.2) is 18.3 Å². The van der Waals surface area contributed by atoms with E-state index in [0.29, 0.717) is 6.61 Å². The van der Waals surface area contributed by atoms with Gasteiger partial charge in [0.2, 0.25) is 0 Å². The molecule has 1 aromatic carbocycles. The van der Waals surface area contributed by atoms with E-state index in [1.54, 1.807) is 0 Å². The largest absolute Gasteiger partial charge is 0.491 e. The number of hydrogen-bond acceptors (Lipinski definition) is 2. The van der Waals surface area contributed by atoms with Crippen molar-refractivity contribution in [2.75, 3.05) is 13.2 Å². The predicted octanol–water partition coefficient (Wildman–Crippen LogP) is 1.43. The third-order valence-corrected chi connectivity index (χ3v) is 1.57. The highest BCUT2D eigenvalue weighted by Crippen LogP contribution is 2.11. The van der Waals surface area contributed by atoms with Gasteiger partial charge in [-0.3, -0.25) is 0 Å². The molecule has 2 nitrogen and oxygen atoms in total. The molecule has 0 unspecified atom stereocenters. The van der Waals surface area contributed by atoms with E-state index in [0.717, 1.165) is 12.2 Å². The van der Waals surface area contributed by atoms with Crippen LogP contribution in [0.1, 0.15) is 5.56 Å². The van der Waals surface area contributed by atoms with Gasteiger partial charge in [0.1, 0.15) is 12.4 Å². The highest BCUT2D eigenvalue weighted by molar-refractivity contribution is 5.27. The molecule has 0 spiro atoms. The van der Waals surface area contributed by atoms with Gasteiger partial charge in [-0.05, 0) is 31.0 Å². The summed E-state index contributed by atoms with van der Waals surface area (Å²) in [6, 6.07) is 7.71. The Morgan fingerprint density at radius 1 is 1.25 bits per heavy atom. The van der Waals surface area contributed by atoms with Crippen LogP contribution in [0.3, 0.4) is 0 Å². The van der Waals surface area contributed by atoms with Crippen molar-refractivity contribution in [2.24, 2.45) is 0 Å². The molecule has 1 radical (unpaired) electrons. The van der Waals surface area contributed by atoms with Crippen molar-refractivity contribution in [3.63, 3.8) is 0 Å². The lowest BCUT2D eigenvalue weighted by atomic mass is 10.2. The molecule has 0 bridgehead atoms. The lowest BCUT2D eigenvalue weighted by Crippen LogP contribution is -2.01. The van der Waals surface area contributed by atoms with Crippen LogP contribution < -0.4 is 4.74 Å². The molecule has 0 aromatic heterocycles. The van der Waals surface area contributed by atoms with Gasteiger partial charge in [-0.2, -0.15) is 0 Å². The summed E-state index contributed by atoms with van der Waals surface area (Å²) in [5, 5.41) is 8.49. The smallest absolute Gasteiger partial charge is 0.119 e. The second-order valence-electron chi connectivity index (χ2n) is 2.47. The first-order chi connectivity index (χ1) is 5.86. The van der Waals surface area contributed by atoms with Crippen LogP contribution in [-0.2, 0) is 6.42 Å². The van der Waals surface area contributed by atoms with Crippen LogP contribution in [0, 0.1) is 6.92 Å². The van der Waals surface area contributed by atoms with E-state index in [1.165, 1.54) is 5.56 Å². The monoisotopic (exact) mass is 165 g/mol. The SMILES string of the molecule is [CH2]Cc1ccc(OCCO)cc1. The van der Waals surface area contributed by atoms with Gasteiger partial charge in [0.15, 0.2) is 0 Å². The van der Waals surface area contributed by atoms with Crippen LogP contribution in [0.2, 0.25) is 0 Å². The molecule has 1 rings (SSSR count). The summed E-state index contributed by atoms with van der Waals surface area (Å²) in [6.45, 7) is 4.17. The minimum Gasteiger partial charge on any atom is -0.491 e. The Bertz CT molecular complexity index is 216. The van der Waals surface area contributed by atoms with Crippen molar-refractivity contribution in [3.05, 3.63) is 36.8 Å². The summed E-state index contributed by atoms with van der Waals surface area (Å²) in [5.41, 5.74) is 1.19. The maximum Gasteiger partial charge on any atom is 0.119 e. The lowest BCUT2D eigenvalue weighted by molar-refractivity contribution is 0.201. The Morgan fingerprint density at radius 3 is 2.42 bits per heavy atom. The Hall–Kier alpha value is -1.02.